The summed E-state index contributed by atoms with van der Waals surface area (Å²) < 4.78 is 38.4. The molecule has 1 amide bonds. The van der Waals surface area contributed by atoms with E-state index >= 15 is 0 Å². The maximum absolute atomic E-state index is 13.0. The number of sulfone groups is 1. The van der Waals surface area contributed by atoms with Gasteiger partial charge in [0.2, 0.25) is 0 Å². The van der Waals surface area contributed by atoms with Crippen LogP contribution in [0.2, 0.25) is 0 Å². The van der Waals surface area contributed by atoms with E-state index < -0.39 is 15.8 Å². The van der Waals surface area contributed by atoms with Crippen LogP contribution in [0, 0.1) is 0 Å². The van der Waals surface area contributed by atoms with Crippen LogP contribution in [0.4, 0.5) is 0 Å². The fourth-order valence-electron chi connectivity index (χ4n) is 2.71. The monoisotopic (exact) mass is 435 g/mol. The molecule has 30 heavy (non-hydrogen) atoms. The van der Waals surface area contributed by atoms with Gasteiger partial charge in [0.25, 0.3) is 5.91 Å². The zero-order chi connectivity index (χ0) is 22.5. The van der Waals surface area contributed by atoms with Crippen LogP contribution in [0.15, 0.2) is 47.4 Å². The number of rotatable bonds is 8. The van der Waals surface area contributed by atoms with E-state index in [2.05, 4.69) is 4.74 Å². The third-order valence-corrected chi connectivity index (χ3v) is 5.80. The van der Waals surface area contributed by atoms with E-state index in [1.165, 1.54) is 37.3 Å². The summed E-state index contributed by atoms with van der Waals surface area (Å²) in [6.07, 6.45) is 1.14. The zero-order valence-corrected chi connectivity index (χ0v) is 18.4. The number of hydrogen-bond acceptors (Lipinski definition) is 7. The number of nitrogens with zero attached hydrogens (tertiary/aromatic N) is 1. The highest BCUT2D eigenvalue weighted by Crippen LogP contribution is 2.30. The Labute approximate surface area is 176 Å². The van der Waals surface area contributed by atoms with Gasteiger partial charge in [-0.25, -0.2) is 13.2 Å². The summed E-state index contributed by atoms with van der Waals surface area (Å²) >= 11 is 0. The molecule has 2 rings (SSSR count). The van der Waals surface area contributed by atoms with Crippen molar-refractivity contribution in [2.24, 2.45) is 0 Å². The van der Waals surface area contributed by atoms with Crippen LogP contribution in [0.1, 0.15) is 28.9 Å². The van der Waals surface area contributed by atoms with Gasteiger partial charge >= 0.3 is 5.97 Å². The summed E-state index contributed by atoms with van der Waals surface area (Å²) in [4.78, 5) is 26.1. The van der Waals surface area contributed by atoms with Gasteiger partial charge in [-0.3, -0.25) is 4.79 Å². The predicted octanol–water partition coefficient (Wildman–Crippen LogP) is 2.48. The van der Waals surface area contributed by atoms with E-state index in [1.807, 2.05) is 6.92 Å². The third kappa shape index (κ3) is 5.50. The molecule has 0 aliphatic heterocycles. The second kappa shape index (κ2) is 9.62. The standard InChI is InChI=1S/C21H25NO7S/c1-14(15-6-9-17(10-7-15)30(5,25)26)22(2)21(24)16-8-11-18(27-3)19(12-16)29-13-20(23)28-4/h6-12,14H,13H2,1-5H3. The fraction of sp³-hybridized carbons (Fsp3) is 0.333. The van der Waals surface area contributed by atoms with Gasteiger partial charge in [-0.05, 0) is 42.8 Å². The third-order valence-electron chi connectivity index (χ3n) is 4.68. The summed E-state index contributed by atoms with van der Waals surface area (Å²) in [5, 5.41) is 0. The predicted molar refractivity (Wildman–Crippen MR) is 111 cm³/mol. The summed E-state index contributed by atoms with van der Waals surface area (Å²) in [7, 11) is 1.07. The van der Waals surface area contributed by atoms with E-state index in [-0.39, 0.29) is 29.2 Å². The lowest BCUT2D eigenvalue weighted by Crippen LogP contribution is -2.29. The molecule has 0 aromatic heterocycles. The molecule has 0 spiro atoms. The first-order valence-electron chi connectivity index (χ1n) is 9.03. The Morgan fingerprint density at radius 2 is 1.67 bits per heavy atom. The smallest absolute Gasteiger partial charge is 0.343 e. The minimum absolute atomic E-state index is 0.218. The molecule has 1 unspecified atom stereocenters. The Hall–Kier alpha value is -3.07. The Morgan fingerprint density at radius 3 is 2.20 bits per heavy atom. The molecule has 0 heterocycles. The second-order valence-corrected chi connectivity index (χ2v) is 8.68. The molecule has 0 aliphatic carbocycles. The Bertz CT molecular complexity index is 1020. The molecule has 0 aliphatic rings. The molecule has 2 aromatic carbocycles. The normalized spacial score (nSPS) is 12.0. The van der Waals surface area contributed by atoms with Gasteiger partial charge in [-0.1, -0.05) is 12.1 Å². The molecule has 0 N–H and O–H groups in total. The largest absolute Gasteiger partial charge is 0.493 e. The summed E-state index contributed by atoms with van der Waals surface area (Å²) in [6, 6.07) is 10.8. The zero-order valence-electron chi connectivity index (χ0n) is 17.5. The van der Waals surface area contributed by atoms with Crippen LogP contribution in [0.25, 0.3) is 0 Å². The molecule has 162 valence electrons. The van der Waals surface area contributed by atoms with Crippen molar-refractivity contribution in [3.63, 3.8) is 0 Å². The Morgan fingerprint density at radius 1 is 1.03 bits per heavy atom. The lowest BCUT2D eigenvalue weighted by molar-refractivity contribution is -0.142. The molecular weight excluding hydrogens is 410 g/mol. The van der Waals surface area contributed by atoms with Crippen molar-refractivity contribution in [3.05, 3.63) is 53.6 Å². The molecule has 1 atom stereocenters. The molecule has 2 aromatic rings. The molecule has 0 saturated heterocycles. The van der Waals surface area contributed by atoms with E-state index in [0.29, 0.717) is 11.3 Å². The number of carbonyl (C=O) groups is 2. The van der Waals surface area contributed by atoms with Crippen LogP contribution >= 0.6 is 0 Å². The number of amides is 1. The number of benzene rings is 2. The number of methoxy groups -OCH3 is 2. The molecule has 9 heteroatoms. The van der Waals surface area contributed by atoms with Crippen molar-refractivity contribution < 1.29 is 32.2 Å². The quantitative estimate of drug-likeness (QED) is 0.587. The summed E-state index contributed by atoms with van der Waals surface area (Å²) in [5.74, 6) is -0.216. The fourth-order valence-corrected chi connectivity index (χ4v) is 3.35. The minimum atomic E-state index is -3.29. The van der Waals surface area contributed by atoms with Gasteiger partial charge in [-0.2, -0.15) is 0 Å². The van der Waals surface area contributed by atoms with Gasteiger partial charge in [0.05, 0.1) is 25.2 Å². The van der Waals surface area contributed by atoms with Gasteiger partial charge in [-0.15, -0.1) is 0 Å². The maximum atomic E-state index is 13.0. The van der Waals surface area contributed by atoms with Crippen LogP contribution in [-0.4, -0.2) is 59.3 Å². The first-order chi connectivity index (χ1) is 14.1. The topological polar surface area (TPSA) is 99.2 Å². The van der Waals surface area contributed by atoms with Crippen molar-refractivity contribution in [1.29, 1.82) is 0 Å². The Balaban J connectivity index is 2.22. The highest BCUT2D eigenvalue weighted by atomic mass is 32.2. The van der Waals surface area contributed by atoms with Crippen molar-refractivity contribution in [1.82, 2.24) is 4.90 Å². The average molecular weight is 435 g/mol. The van der Waals surface area contributed by atoms with Gasteiger partial charge in [0, 0.05) is 18.9 Å². The number of esters is 1. The van der Waals surface area contributed by atoms with Crippen molar-refractivity contribution >= 4 is 21.7 Å². The maximum Gasteiger partial charge on any atom is 0.343 e. The van der Waals surface area contributed by atoms with Crippen LogP contribution in [0.3, 0.4) is 0 Å². The first kappa shape index (κ1) is 23.2. The SMILES string of the molecule is COC(=O)COc1cc(C(=O)N(C)C(C)c2ccc(S(C)(=O)=O)cc2)ccc1OC. The lowest BCUT2D eigenvalue weighted by Gasteiger charge is -2.26. The molecular formula is C21H25NO7S. The molecule has 0 fully saturated rings. The van der Waals surface area contributed by atoms with E-state index in [4.69, 9.17) is 9.47 Å². The van der Waals surface area contributed by atoms with E-state index in [1.54, 1.807) is 31.3 Å². The van der Waals surface area contributed by atoms with Gasteiger partial charge in [0.15, 0.2) is 27.9 Å². The molecule has 0 saturated carbocycles. The number of carbonyl (C=O) groups excluding carboxylic acids is 2. The average Bonchev–Trinajstić information content (AvgIpc) is 2.75. The van der Waals surface area contributed by atoms with Gasteiger partial charge < -0.3 is 19.1 Å². The molecule has 0 bridgehead atoms. The molecule has 8 nitrogen and oxygen atoms in total. The van der Waals surface area contributed by atoms with Crippen LogP contribution < -0.4 is 9.47 Å². The minimum Gasteiger partial charge on any atom is -0.493 e. The summed E-state index contributed by atoms with van der Waals surface area (Å²) in [6.45, 7) is 1.52. The molecule has 0 radical (unpaired) electrons. The number of ether oxygens (including phenoxy) is 3. The lowest BCUT2D eigenvalue weighted by atomic mass is 10.1. The van der Waals surface area contributed by atoms with E-state index in [9.17, 15) is 18.0 Å². The van der Waals surface area contributed by atoms with Crippen molar-refractivity contribution in [2.45, 2.75) is 17.9 Å². The summed E-state index contributed by atoms with van der Waals surface area (Å²) in [5.41, 5.74) is 1.13. The van der Waals surface area contributed by atoms with Crippen molar-refractivity contribution in [3.8, 4) is 11.5 Å². The first-order valence-corrected chi connectivity index (χ1v) is 10.9. The van der Waals surface area contributed by atoms with Crippen LogP contribution in [0.5, 0.6) is 11.5 Å². The van der Waals surface area contributed by atoms with Gasteiger partial charge in [0.1, 0.15) is 0 Å². The second-order valence-electron chi connectivity index (χ2n) is 6.66. The van der Waals surface area contributed by atoms with E-state index in [0.717, 1.165) is 11.8 Å². The Kier molecular flexibility index (Phi) is 7.44. The number of hydrogen-bond donors (Lipinski definition) is 0. The highest BCUT2D eigenvalue weighted by Gasteiger charge is 2.21. The highest BCUT2D eigenvalue weighted by molar-refractivity contribution is 7.90. The van der Waals surface area contributed by atoms with Crippen molar-refractivity contribution in [2.75, 3.05) is 34.1 Å². The van der Waals surface area contributed by atoms with Crippen LogP contribution in [-0.2, 0) is 19.4 Å².